The van der Waals surface area contributed by atoms with E-state index in [9.17, 15) is 0 Å². The molecule has 0 amide bonds. The summed E-state index contributed by atoms with van der Waals surface area (Å²) in [6, 6.07) is 21.6. The number of rotatable bonds is 0. The molecular weight excluding hydrogens is 230 g/mol. The monoisotopic (exact) mass is 244 g/mol. The quantitative estimate of drug-likeness (QED) is 0.325. The largest absolute Gasteiger partial charge is 0.226 e. The van der Waals surface area contributed by atoms with Crippen LogP contribution >= 0.6 is 0 Å². The summed E-state index contributed by atoms with van der Waals surface area (Å²) in [7, 11) is 0. The number of benzene rings is 2. The summed E-state index contributed by atoms with van der Waals surface area (Å²) in [5.74, 6) is 0. The van der Waals surface area contributed by atoms with Gasteiger partial charge in [-0.1, -0.05) is 36.4 Å². The summed E-state index contributed by atoms with van der Waals surface area (Å²) in [4.78, 5) is 0. The zero-order valence-corrected chi connectivity index (χ0v) is 10.8. The molecule has 0 saturated heterocycles. The molecule has 2 aromatic heterocycles. The van der Waals surface area contributed by atoms with Gasteiger partial charge in [-0.25, -0.2) is 0 Å². The number of aryl methyl sites for hydroxylation is 1. The van der Waals surface area contributed by atoms with Gasteiger partial charge in [0.15, 0.2) is 11.9 Å². The smallest absolute Gasteiger partial charge is 0.164 e. The Balaban J connectivity index is 2.40. The van der Waals surface area contributed by atoms with Crippen molar-refractivity contribution in [3.8, 4) is 0 Å². The summed E-state index contributed by atoms with van der Waals surface area (Å²) in [5, 5.41) is 5.21. The lowest BCUT2D eigenvalue weighted by Gasteiger charge is -2.04. The Labute approximate surface area is 111 Å². The average molecular weight is 244 g/mol. The van der Waals surface area contributed by atoms with Crippen molar-refractivity contribution in [2.24, 2.45) is 0 Å². The second-order valence-corrected chi connectivity index (χ2v) is 4.99. The van der Waals surface area contributed by atoms with Gasteiger partial charge in [0.05, 0.1) is 10.8 Å². The van der Waals surface area contributed by atoms with E-state index in [-0.39, 0.29) is 0 Å². The van der Waals surface area contributed by atoms with Crippen molar-refractivity contribution >= 4 is 27.1 Å². The van der Waals surface area contributed by atoms with Crippen LogP contribution < -0.4 is 4.40 Å². The molecule has 0 radical (unpaired) electrons. The molecule has 0 unspecified atom stereocenters. The Kier molecular flexibility index (Phi) is 2.10. The van der Waals surface area contributed by atoms with Gasteiger partial charge in [-0.3, -0.25) is 0 Å². The first-order valence-corrected chi connectivity index (χ1v) is 6.56. The predicted octanol–water partition coefficient (Wildman–Crippen LogP) is 4.04. The SMILES string of the molecule is Cc1cc2ccccc2c2c3ccccc3cc[n+]12. The molecule has 4 rings (SSSR count). The van der Waals surface area contributed by atoms with Crippen LogP contribution in [0.25, 0.3) is 27.1 Å². The van der Waals surface area contributed by atoms with Crippen LogP contribution in [0.5, 0.6) is 0 Å². The van der Waals surface area contributed by atoms with Crippen LogP contribution in [0, 0.1) is 6.92 Å². The summed E-state index contributed by atoms with van der Waals surface area (Å²) in [5.41, 5.74) is 2.56. The second kappa shape index (κ2) is 3.79. The van der Waals surface area contributed by atoms with Gasteiger partial charge in [0.25, 0.3) is 0 Å². The normalized spacial score (nSPS) is 11.4. The third-order valence-corrected chi connectivity index (χ3v) is 3.82. The van der Waals surface area contributed by atoms with Crippen LogP contribution in [0.2, 0.25) is 0 Å². The topological polar surface area (TPSA) is 4.10 Å². The Morgan fingerprint density at radius 2 is 1.37 bits per heavy atom. The molecule has 0 atom stereocenters. The van der Waals surface area contributed by atoms with Gasteiger partial charge < -0.3 is 0 Å². The lowest BCUT2D eigenvalue weighted by Crippen LogP contribution is -2.25. The number of hydrogen-bond donors (Lipinski definition) is 0. The number of hydrogen-bond acceptors (Lipinski definition) is 0. The Morgan fingerprint density at radius 3 is 2.16 bits per heavy atom. The molecule has 1 nitrogen and oxygen atoms in total. The third-order valence-electron chi connectivity index (χ3n) is 3.82. The molecule has 0 N–H and O–H groups in total. The number of aromatic nitrogens is 1. The fraction of sp³-hybridized carbons (Fsp3) is 0.0556. The van der Waals surface area contributed by atoms with Crippen LogP contribution in [0.4, 0.5) is 0 Å². The summed E-state index contributed by atoms with van der Waals surface area (Å²) >= 11 is 0. The molecule has 2 heterocycles. The van der Waals surface area contributed by atoms with Gasteiger partial charge in [0.2, 0.25) is 5.52 Å². The first kappa shape index (κ1) is 10.5. The van der Waals surface area contributed by atoms with E-state index in [0.717, 1.165) is 0 Å². The minimum Gasteiger partial charge on any atom is -0.164 e. The maximum atomic E-state index is 2.28. The van der Waals surface area contributed by atoms with Crippen LogP contribution in [0.3, 0.4) is 0 Å². The first-order valence-electron chi connectivity index (χ1n) is 6.56. The van der Waals surface area contributed by atoms with E-state index in [1.54, 1.807) is 0 Å². The molecule has 0 spiro atoms. The minimum atomic E-state index is 1.26. The maximum Gasteiger partial charge on any atom is 0.226 e. The summed E-state index contributed by atoms with van der Waals surface area (Å²) in [6.07, 6.45) is 2.17. The van der Waals surface area contributed by atoms with E-state index in [1.807, 2.05) is 0 Å². The van der Waals surface area contributed by atoms with E-state index in [0.29, 0.717) is 0 Å². The van der Waals surface area contributed by atoms with Crippen molar-refractivity contribution in [3.63, 3.8) is 0 Å². The van der Waals surface area contributed by atoms with Crippen molar-refractivity contribution in [1.82, 2.24) is 0 Å². The van der Waals surface area contributed by atoms with Gasteiger partial charge >= 0.3 is 0 Å². The first-order chi connectivity index (χ1) is 9.34. The summed E-state index contributed by atoms with van der Waals surface area (Å²) < 4.78 is 2.28. The zero-order chi connectivity index (χ0) is 12.8. The highest BCUT2D eigenvalue weighted by atomic mass is 14.9. The fourth-order valence-corrected chi connectivity index (χ4v) is 2.92. The van der Waals surface area contributed by atoms with E-state index in [4.69, 9.17) is 0 Å². The lowest BCUT2D eigenvalue weighted by atomic mass is 10.0. The van der Waals surface area contributed by atoms with Gasteiger partial charge in [-0.05, 0) is 22.9 Å². The summed E-state index contributed by atoms with van der Waals surface area (Å²) in [6.45, 7) is 2.16. The Bertz CT molecular complexity index is 907. The molecule has 0 aliphatic heterocycles. The highest BCUT2D eigenvalue weighted by Gasteiger charge is 2.14. The molecule has 0 aliphatic rings. The second-order valence-electron chi connectivity index (χ2n) is 4.99. The number of pyridine rings is 2. The molecular formula is C18H14N+. The highest BCUT2D eigenvalue weighted by Crippen LogP contribution is 2.24. The van der Waals surface area contributed by atoms with Gasteiger partial charge in [0.1, 0.15) is 0 Å². The highest BCUT2D eigenvalue weighted by molar-refractivity contribution is 6.07. The Morgan fingerprint density at radius 1 is 0.737 bits per heavy atom. The van der Waals surface area contributed by atoms with Crippen molar-refractivity contribution in [3.05, 3.63) is 72.6 Å². The van der Waals surface area contributed by atoms with E-state index in [2.05, 4.69) is 78.2 Å². The van der Waals surface area contributed by atoms with Crippen molar-refractivity contribution in [1.29, 1.82) is 0 Å². The molecule has 0 aliphatic carbocycles. The van der Waals surface area contributed by atoms with Gasteiger partial charge in [-0.2, -0.15) is 4.40 Å². The van der Waals surface area contributed by atoms with Crippen LogP contribution in [-0.2, 0) is 0 Å². The van der Waals surface area contributed by atoms with Gasteiger partial charge in [-0.15, -0.1) is 0 Å². The number of fused-ring (bicyclic) bond motifs is 5. The molecule has 0 saturated carbocycles. The predicted molar refractivity (Wildman–Crippen MR) is 79.4 cm³/mol. The lowest BCUT2D eigenvalue weighted by molar-refractivity contribution is -0.517. The molecule has 19 heavy (non-hydrogen) atoms. The van der Waals surface area contributed by atoms with E-state index in [1.165, 1.54) is 32.8 Å². The minimum absolute atomic E-state index is 1.26. The molecule has 90 valence electrons. The van der Waals surface area contributed by atoms with Crippen LogP contribution in [-0.4, -0.2) is 0 Å². The van der Waals surface area contributed by atoms with Crippen LogP contribution in [0.15, 0.2) is 66.9 Å². The number of nitrogens with zero attached hydrogens (tertiary/aromatic N) is 1. The molecule has 4 aromatic rings. The van der Waals surface area contributed by atoms with E-state index < -0.39 is 0 Å². The standard InChI is InChI=1S/C18H14N/c1-13-12-15-7-3-5-9-17(15)18-16-8-4-2-6-14(16)10-11-19(13)18/h2-12H,1H3/q+1. The van der Waals surface area contributed by atoms with Gasteiger partial charge in [0, 0.05) is 19.1 Å². The molecule has 1 heteroatoms. The van der Waals surface area contributed by atoms with Crippen molar-refractivity contribution in [2.45, 2.75) is 6.92 Å². The Hall–Kier alpha value is -2.41. The van der Waals surface area contributed by atoms with Crippen molar-refractivity contribution < 1.29 is 4.40 Å². The average Bonchev–Trinajstić information content (AvgIpc) is 2.47. The third kappa shape index (κ3) is 1.45. The van der Waals surface area contributed by atoms with Crippen molar-refractivity contribution in [2.75, 3.05) is 0 Å². The van der Waals surface area contributed by atoms with Crippen LogP contribution in [0.1, 0.15) is 5.69 Å². The fourth-order valence-electron chi connectivity index (χ4n) is 2.92. The maximum absolute atomic E-state index is 2.28. The zero-order valence-electron chi connectivity index (χ0n) is 10.8. The van der Waals surface area contributed by atoms with E-state index >= 15 is 0 Å². The molecule has 0 bridgehead atoms. The molecule has 2 aromatic carbocycles. The molecule has 0 fully saturated rings.